The molecule has 1 aliphatic heterocycles. The Morgan fingerprint density at radius 1 is 1.41 bits per heavy atom. The molecule has 0 bridgehead atoms. The fourth-order valence-corrected chi connectivity index (χ4v) is 2.74. The van der Waals surface area contributed by atoms with Gasteiger partial charge in [-0.2, -0.15) is 0 Å². The summed E-state index contributed by atoms with van der Waals surface area (Å²) in [5.41, 5.74) is 1.01. The molecule has 1 amide bonds. The Morgan fingerprint density at radius 2 is 2.18 bits per heavy atom. The van der Waals surface area contributed by atoms with Crippen molar-refractivity contribution in [3.63, 3.8) is 0 Å². The highest BCUT2D eigenvalue weighted by Gasteiger charge is 2.23. The first-order valence-electron chi connectivity index (χ1n) is 7.65. The Kier molecular flexibility index (Phi) is 6.29. The molecule has 2 rings (SSSR count). The second-order valence-corrected chi connectivity index (χ2v) is 5.59. The maximum absolute atomic E-state index is 12.4. The van der Waals surface area contributed by atoms with Gasteiger partial charge in [-0.05, 0) is 36.5 Å². The molecule has 118 valence electrons. The molecule has 0 aliphatic carbocycles. The highest BCUT2D eigenvalue weighted by atomic mass is 16.5. The standard InChI is InChI=1S/C18H23NO3/c1-3-11-22-14-16-5-4-10-19(13-16)18(20)12-15-6-8-17(21-2)9-7-15/h1,6-9,16H,4-5,10-14H2,2H3. The van der Waals surface area contributed by atoms with Crippen molar-refractivity contribution in [2.75, 3.05) is 33.4 Å². The summed E-state index contributed by atoms with van der Waals surface area (Å²) in [7, 11) is 1.64. The number of rotatable bonds is 6. The molecule has 0 N–H and O–H groups in total. The number of methoxy groups -OCH3 is 1. The van der Waals surface area contributed by atoms with Crippen molar-refractivity contribution in [2.24, 2.45) is 5.92 Å². The van der Waals surface area contributed by atoms with Gasteiger partial charge in [-0.25, -0.2) is 0 Å². The van der Waals surface area contributed by atoms with E-state index < -0.39 is 0 Å². The zero-order valence-corrected chi connectivity index (χ0v) is 13.1. The third-order valence-electron chi connectivity index (χ3n) is 3.93. The minimum atomic E-state index is 0.173. The van der Waals surface area contributed by atoms with Crippen LogP contribution in [0.25, 0.3) is 0 Å². The molecule has 1 unspecified atom stereocenters. The Balaban J connectivity index is 1.84. The lowest BCUT2D eigenvalue weighted by molar-refractivity contribution is -0.132. The molecule has 1 aromatic rings. The SMILES string of the molecule is C#CCOCC1CCCN(C(=O)Cc2ccc(OC)cc2)C1. The van der Waals surface area contributed by atoms with E-state index in [1.807, 2.05) is 29.2 Å². The van der Waals surface area contributed by atoms with Crippen LogP contribution in [0, 0.1) is 18.3 Å². The fraction of sp³-hybridized carbons (Fsp3) is 0.500. The number of benzene rings is 1. The van der Waals surface area contributed by atoms with Crippen LogP contribution in [0.1, 0.15) is 18.4 Å². The molecule has 1 saturated heterocycles. The first-order chi connectivity index (χ1) is 10.7. The maximum atomic E-state index is 12.4. The van der Waals surface area contributed by atoms with Gasteiger partial charge in [0.1, 0.15) is 12.4 Å². The molecule has 22 heavy (non-hydrogen) atoms. The largest absolute Gasteiger partial charge is 0.497 e. The van der Waals surface area contributed by atoms with Gasteiger partial charge in [0.05, 0.1) is 20.1 Å². The van der Waals surface area contributed by atoms with Crippen LogP contribution in [0.2, 0.25) is 0 Å². The van der Waals surface area contributed by atoms with Crippen molar-refractivity contribution in [3.05, 3.63) is 29.8 Å². The first-order valence-corrected chi connectivity index (χ1v) is 7.65. The third-order valence-corrected chi connectivity index (χ3v) is 3.93. The number of carbonyl (C=O) groups is 1. The van der Waals surface area contributed by atoms with Crippen molar-refractivity contribution < 1.29 is 14.3 Å². The smallest absolute Gasteiger partial charge is 0.226 e. The average molecular weight is 301 g/mol. The minimum absolute atomic E-state index is 0.173. The lowest BCUT2D eigenvalue weighted by Gasteiger charge is -2.32. The van der Waals surface area contributed by atoms with E-state index in [0.717, 1.165) is 37.2 Å². The van der Waals surface area contributed by atoms with E-state index in [1.165, 1.54) is 0 Å². The highest BCUT2D eigenvalue weighted by molar-refractivity contribution is 5.78. The molecule has 1 heterocycles. The lowest BCUT2D eigenvalue weighted by atomic mass is 9.98. The van der Waals surface area contributed by atoms with E-state index in [4.69, 9.17) is 15.9 Å². The molecule has 0 spiro atoms. The van der Waals surface area contributed by atoms with Gasteiger partial charge in [0.2, 0.25) is 5.91 Å². The molecular weight excluding hydrogens is 278 g/mol. The predicted molar refractivity (Wildman–Crippen MR) is 85.7 cm³/mol. The average Bonchev–Trinajstić information content (AvgIpc) is 2.56. The van der Waals surface area contributed by atoms with Crippen LogP contribution < -0.4 is 4.74 Å². The summed E-state index contributed by atoms with van der Waals surface area (Å²) >= 11 is 0. The molecule has 1 fully saturated rings. The molecule has 0 radical (unpaired) electrons. The van der Waals surface area contributed by atoms with E-state index in [-0.39, 0.29) is 5.91 Å². The molecule has 1 atom stereocenters. The van der Waals surface area contributed by atoms with Gasteiger partial charge in [0.15, 0.2) is 0 Å². The van der Waals surface area contributed by atoms with Crippen LogP contribution in [-0.2, 0) is 16.0 Å². The van der Waals surface area contributed by atoms with Crippen LogP contribution in [0.4, 0.5) is 0 Å². The van der Waals surface area contributed by atoms with E-state index in [2.05, 4.69) is 5.92 Å². The number of piperidine rings is 1. The van der Waals surface area contributed by atoms with Gasteiger partial charge < -0.3 is 14.4 Å². The Morgan fingerprint density at radius 3 is 2.86 bits per heavy atom. The topological polar surface area (TPSA) is 38.8 Å². The quantitative estimate of drug-likeness (QED) is 0.597. The van der Waals surface area contributed by atoms with Gasteiger partial charge in [0.25, 0.3) is 0 Å². The van der Waals surface area contributed by atoms with Crippen molar-refractivity contribution >= 4 is 5.91 Å². The van der Waals surface area contributed by atoms with Crippen molar-refractivity contribution in [1.82, 2.24) is 4.90 Å². The van der Waals surface area contributed by atoms with E-state index in [1.54, 1.807) is 7.11 Å². The molecule has 1 aliphatic rings. The number of terminal acetylenes is 1. The van der Waals surface area contributed by atoms with Gasteiger partial charge >= 0.3 is 0 Å². The molecule has 4 heteroatoms. The lowest BCUT2D eigenvalue weighted by Crippen LogP contribution is -2.42. The number of nitrogens with zero attached hydrogens (tertiary/aromatic N) is 1. The normalized spacial score (nSPS) is 17.8. The van der Waals surface area contributed by atoms with Crippen LogP contribution in [0.3, 0.4) is 0 Å². The number of ether oxygens (including phenoxy) is 2. The van der Waals surface area contributed by atoms with Crippen molar-refractivity contribution in [2.45, 2.75) is 19.3 Å². The van der Waals surface area contributed by atoms with Crippen LogP contribution in [0.15, 0.2) is 24.3 Å². The summed E-state index contributed by atoms with van der Waals surface area (Å²) in [6, 6.07) is 7.65. The van der Waals surface area contributed by atoms with Crippen LogP contribution in [-0.4, -0.2) is 44.2 Å². The number of carbonyl (C=O) groups excluding carboxylic acids is 1. The summed E-state index contributed by atoms with van der Waals surface area (Å²) < 4.78 is 10.5. The number of hydrogen-bond acceptors (Lipinski definition) is 3. The van der Waals surface area contributed by atoms with Gasteiger partial charge in [-0.1, -0.05) is 18.1 Å². The summed E-state index contributed by atoms with van der Waals surface area (Å²) in [5, 5.41) is 0. The van der Waals surface area contributed by atoms with Crippen molar-refractivity contribution in [1.29, 1.82) is 0 Å². The maximum Gasteiger partial charge on any atom is 0.226 e. The summed E-state index contributed by atoms with van der Waals surface area (Å²) in [6.45, 7) is 2.58. The second kappa shape index (κ2) is 8.45. The number of hydrogen-bond donors (Lipinski definition) is 0. The minimum Gasteiger partial charge on any atom is -0.497 e. The summed E-state index contributed by atoms with van der Waals surface area (Å²) in [6.07, 6.45) is 7.73. The van der Waals surface area contributed by atoms with Gasteiger partial charge in [-0.3, -0.25) is 4.79 Å². The van der Waals surface area contributed by atoms with Gasteiger partial charge in [0, 0.05) is 13.1 Å². The fourth-order valence-electron chi connectivity index (χ4n) is 2.74. The third kappa shape index (κ3) is 4.78. The monoisotopic (exact) mass is 301 g/mol. The van der Waals surface area contributed by atoms with E-state index >= 15 is 0 Å². The molecule has 0 aromatic heterocycles. The van der Waals surface area contributed by atoms with Crippen LogP contribution in [0.5, 0.6) is 5.75 Å². The molecule has 1 aromatic carbocycles. The van der Waals surface area contributed by atoms with Crippen molar-refractivity contribution in [3.8, 4) is 18.1 Å². The highest BCUT2D eigenvalue weighted by Crippen LogP contribution is 2.18. The van der Waals surface area contributed by atoms with E-state index in [9.17, 15) is 4.79 Å². The first kappa shape index (κ1) is 16.4. The number of likely N-dealkylation sites (tertiary alicyclic amines) is 1. The molecular formula is C18H23NO3. The summed E-state index contributed by atoms with van der Waals surface area (Å²) in [4.78, 5) is 14.4. The zero-order chi connectivity index (χ0) is 15.8. The second-order valence-electron chi connectivity index (χ2n) is 5.59. The Labute approximate surface area is 132 Å². The summed E-state index contributed by atoms with van der Waals surface area (Å²) in [5.74, 6) is 3.84. The van der Waals surface area contributed by atoms with Gasteiger partial charge in [-0.15, -0.1) is 6.42 Å². The number of amides is 1. The predicted octanol–water partition coefficient (Wildman–Crippen LogP) is 2.13. The Hall–Kier alpha value is -1.99. The zero-order valence-electron chi connectivity index (χ0n) is 13.1. The van der Waals surface area contributed by atoms with E-state index in [0.29, 0.717) is 25.6 Å². The van der Waals surface area contributed by atoms with Crippen LogP contribution >= 0.6 is 0 Å². The Bertz CT molecular complexity index is 518. The molecule has 0 saturated carbocycles. The molecule has 4 nitrogen and oxygen atoms in total.